The van der Waals surface area contributed by atoms with E-state index in [4.69, 9.17) is 5.73 Å². The van der Waals surface area contributed by atoms with E-state index in [0.717, 1.165) is 24.4 Å². The molecule has 2 aromatic rings. The first-order valence-electron chi connectivity index (χ1n) is 8.41. The molecule has 130 valence electrons. The summed E-state index contributed by atoms with van der Waals surface area (Å²) in [5.74, 6) is 0.557. The molecule has 0 bridgehead atoms. The second-order valence-corrected chi connectivity index (χ2v) is 7.25. The zero-order chi connectivity index (χ0) is 17.7. The molecule has 0 radical (unpaired) electrons. The van der Waals surface area contributed by atoms with Gasteiger partial charge in [0.2, 0.25) is 5.95 Å². The molecule has 5 heteroatoms. The number of aryl methyl sites for hydroxylation is 2. The Morgan fingerprint density at radius 1 is 1.04 bits per heavy atom. The molecule has 0 aliphatic rings. The van der Waals surface area contributed by atoms with Crippen molar-refractivity contribution in [3.05, 3.63) is 52.8 Å². The number of hydrogen-bond acceptors (Lipinski definition) is 5. The summed E-state index contributed by atoms with van der Waals surface area (Å²) in [5.41, 5.74) is 10.7. The zero-order valence-electron chi connectivity index (χ0n) is 15.4. The Kier molecular flexibility index (Phi) is 5.91. The van der Waals surface area contributed by atoms with E-state index < -0.39 is 0 Å². The number of nitrogens with two attached hydrogens (primary N) is 1. The molecule has 0 saturated carbocycles. The number of nitrogens with zero attached hydrogens (tertiary/aromatic N) is 2. The monoisotopic (exact) mass is 327 g/mol. The first-order chi connectivity index (χ1) is 11.2. The summed E-state index contributed by atoms with van der Waals surface area (Å²) >= 11 is 0. The van der Waals surface area contributed by atoms with Gasteiger partial charge in [-0.15, -0.1) is 0 Å². The third-order valence-electron chi connectivity index (χ3n) is 3.86. The lowest BCUT2D eigenvalue weighted by Crippen LogP contribution is -2.45. The van der Waals surface area contributed by atoms with Crippen LogP contribution in [0.5, 0.6) is 0 Å². The SMILES string of the molecule is Cc1cc(C)nc(NC(N)NCCc2ccc(C(C)(C)C)cc2)n1. The highest BCUT2D eigenvalue weighted by Gasteiger charge is 2.12. The smallest absolute Gasteiger partial charge is 0.225 e. The molecule has 4 N–H and O–H groups in total. The Morgan fingerprint density at radius 2 is 1.62 bits per heavy atom. The third kappa shape index (κ3) is 5.58. The Labute approximate surface area is 145 Å². The third-order valence-corrected chi connectivity index (χ3v) is 3.86. The highest BCUT2D eigenvalue weighted by molar-refractivity contribution is 5.29. The molecule has 0 amide bonds. The predicted molar refractivity (Wildman–Crippen MR) is 100.0 cm³/mol. The van der Waals surface area contributed by atoms with Crippen molar-refractivity contribution in [2.75, 3.05) is 11.9 Å². The maximum Gasteiger partial charge on any atom is 0.225 e. The van der Waals surface area contributed by atoms with Crippen molar-refractivity contribution in [3.8, 4) is 0 Å². The molecule has 1 unspecified atom stereocenters. The lowest BCUT2D eigenvalue weighted by molar-refractivity contribution is 0.574. The molecule has 2 rings (SSSR count). The molecule has 1 atom stereocenters. The Balaban J connectivity index is 1.81. The van der Waals surface area contributed by atoms with Crippen molar-refractivity contribution < 1.29 is 0 Å². The fourth-order valence-electron chi connectivity index (χ4n) is 2.52. The van der Waals surface area contributed by atoms with Gasteiger partial charge in [-0.05, 0) is 42.9 Å². The Hall–Kier alpha value is -1.98. The second kappa shape index (κ2) is 7.73. The van der Waals surface area contributed by atoms with E-state index in [9.17, 15) is 0 Å². The van der Waals surface area contributed by atoms with E-state index in [0.29, 0.717) is 5.95 Å². The van der Waals surface area contributed by atoms with Crippen LogP contribution in [0.3, 0.4) is 0 Å². The van der Waals surface area contributed by atoms with Gasteiger partial charge in [0.05, 0.1) is 0 Å². The lowest BCUT2D eigenvalue weighted by atomic mass is 9.86. The molecular formula is C19H29N5. The van der Waals surface area contributed by atoms with Crippen molar-refractivity contribution in [1.82, 2.24) is 15.3 Å². The van der Waals surface area contributed by atoms with Crippen LogP contribution in [0.25, 0.3) is 0 Å². The molecule has 0 fully saturated rings. The van der Waals surface area contributed by atoms with Gasteiger partial charge < -0.3 is 5.32 Å². The van der Waals surface area contributed by atoms with E-state index >= 15 is 0 Å². The van der Waals surface area contributed by atoms with Crippen LogP contribution < -0.4 is 16.4 Å². The van der Waals surface area contributed by atoms with E-state index in [-0.39, 0.29) is 11.7 Å². The fraction of sp³-hybridized carbons (Fsp3) is 0.474. The van der Waals surface area contributed by atoms with Gasteiger partial charge in [-0.2, -0.15) is 0 Å². The maximum absolute atomic E-state index is 6.05. The minimum atomic E-state index is -0.375. The lowest BCUT2D eigenvalue weighted by Gasteiger charge is -2.19. The summed E-state index contributed by atoms with van der Waals surface area (Å²) in [6.07, 6.45) is 0.549. The van der Waals surface area contributed by atoms with E-state index in [2.05, 4.69) is 65.6 Å². The molecule has 0 aliphatic carbocycles. The fourth-order valence-corrected chi connectivity index (χ4v) is 2.52. The van der Waals surface area contributed by atoms with Gasteiger partial charge in [0.1, 0.15) is 6.29 Å². The minimum Gasteiger partial charge on any atom is -0.326 e. The van der Waals surface area contributed by atoms with Gasteiger partial charge in [0, 0.05) is 17.9 Å². The number of hydrogen-bond donors (Lipinski definition) is 3. The van der Waals surface area contributed by atoms with Crippen LogP contribution in [0.1, 0.15) is 43.3 Å². The number of aromatic nitrogens is 2. The van der Waals surface area contributed by atoms with Crippen molar-refractivity contribution in [1.29, 1.82) is 0 Å². The second-order valence-electron chi connectivity index (χ2n) is 7.25. The number of anilines is 1. The zero-order valence-corrected chi connectivity index (χ0v) is 15.4. The molecule has 0 spiro atoms. The van der Waals surface area contributed by atoms with Gasteiger partial charge in [-0.3, -0.25) is 11.1 Å². The van der Waals surface area contributed by atoms with Crippen LogP contribution >= 0.6 is 0 Å². The van der Waals surface area contributed by atoms with Gasteiger partial charge >= 0.3 is 0 Å². The summed E-state index contributed by atoms with van der Waals surface area (Å²) in [6.45, 7) is 11.4. The van der Waals surface area contributed by atoms with E-state index in [1.165, 1.54) is 11.1 Å². The van der Waals surface area contributed by atoms with Crippen LogP contribution in [0.15, 0.2) is 30.3 Å². The number of benzene rings is 1. The van der Waals surface area contributed by atoms with Crippen molar-refractivity contribution in [3.63, 3.8) is 0 Å². The highest BCUT2D eigenvalue weighted by atomic mass is 15.3. The molecule has 1 aromatic carbocycles. The van der Waals surface area contributed by atoms with Gasteiger partial charge in [0.15, 0.2) is 0 Å². The van der Waals surface area contributed by atoms with Crippen LogP contribution in [-0.2, 0) is 11.8 Å². The summed E-state index contributed by atoms with van der Waals surface area (Å²) in [5, 5.41) is 6.33. The van der Waals surface area contributed by atoms with Crippen LogP contribution in [0.4, 0.5) is 5.95 Å². The minimum absolute atomic E-state index is 0.189. The van der Waals surface area contributed by atoms with E-state index in [1.54, 1.807) is 0 Å². The molecule has 0 saturated heterocycles. The standard InChI is InChI=1S/C19H29N5/c1-13-12-14(2)23-18(22-13)24-17(20)21-11-10-15-6-8-16(9-7-15)19(3,4)5/h6-9,12,17,21H,10-11,20H2,1-5H3,(H,22,23,24). The summed E-state index contributed by atoms with van der Waals surface area (Å²) in [4.78, 5) is 8.66. The first kappa shape index (κ1) is 18.4. The van der Waals surface area contributed by atoms with Crippen molar-refractivity contribution >= 4 is 5.95 Å². The Bertz CT molecular complexity index is 638. The average molecular weight is 327 g/mol. The van der Waals surface area contributed by atoms with Gasteiger partial charge in [0.25, 0.3) is 0 Å². The molecular weight excluding hydrogens is 298 g/mol. The molecule has 1 aromatic heterocycles. The predicted octanol–water partition coefficient (Wildman–Crippen LogP) is 2.88. The van der Waals surface area contributed by atoms with Crippen LogP contribution in [0.2, 0.25) is 0 Å². The number of rotatable bonds is 6. The van der Waals surface area contributed by atoms with Crippen LogP contribution in [-0.4, -0.2) is 22.8 Å². The average Bonchev–Trinajstić information content (AvgIpc) is 2.45. The van der Waals surface area contributed by atoms with Gasteiger partial charge in [-0.25, -0.2) is 9.97 Å². The van der Waals surface area contributed by atoms with Crippen molar-refractivity contribution in [2.24, 2.45) is 5.73 Å². The topological polar surface area (TPSA) is 75.9 Å². The Morgan fingerprint density at radius 3 is 2.17 bits per heavy atom. The summed E-state index contributed by atoms with van der Waals surface area (Å²) in [7, 11) is 0. The summed E-state index contributed by atoms with van der Waals surface area (Å²) < 4.78 is 0. The number of nitrogens with one attached hydrogen (secondary N) is 2. The molecule has 0 aliphatic heterocycles. The van der Waals surface area contributed by atoms with Crippen molar-refractivity contribution in [2.45, 2.75) is 52.7 Å². The molecule has 24 heavy (non-hydrogen) atoms. The van der Waals surface area contributed by atoms with E-state index in [1.807, 2.05) is 19.9 Å². The molecule has 5 nitrogen and oxygen atoms in total. The first-order valence-corrected chi connectivity index (χ1v) is 8.41. The maximum atomic E-state index is 6.05. The molecule has 1 heterocycles. The highest BCUT2D eigenvalue weighted by Crippen LogP contribution is 2.22. The largest absolute Gasteiger partial charge is 0.326 e. The van der Waals surface area contributed by atoms with Crippen LogP contribution in [0, 0.1) is 13.8 Å². The van der Waals surface area contributed by atoms with Gasteiger partial charge in [-0.1, -0.05) is 45.0 Å². The quantitative estimate of drug-likeness (QED) is 0.711. The summed E-state index contributed by atoms with van der Waals surface area (Å²) in [6, 6.07) is 10.7. The normalized spacial score (nSPS) is 12.9.